The maximum absolute atomic E-state index is 13.7. The third-order valence-corrected chi connectivity index (χ3v) is 7.47. The van der Waals surface area contributed by atoms with Crippen LogP contribution >= 0.6 is 0 Å². The Morgan fingerprint density at radius 3 is 2.45 bits per heavy atom. The Hall–Kier alpha value is -1.89. The minimum Gasteiger partial charge on any atom is -0.341 e. The first-order valence-corrected chi connectivity index (χ1v) is 13.2. The van der Waals surface area contributed by atoms with Crippen molar-refractivity contribution < 1.29 is 9.59 Å². The van der Waals surface area contributed by atoms with Gasteiger partial charge in [0.2, 0.25) is 11.8 Å². The standard InChI is InChI=1S/C26H43N5O2/c1-18(2)15-22-25(32)31(14-9-27-22)23(16-19(3)4)26(33)29-11-7-20(8-12-29)17-24-28-10-13-30(24)21-5-6-21/h10,13,18-23,27H,5-9,11-12,14-17H2,1-4H3/t22-,23?/m0/s1. The van der Waals surface area contributed by atoms with Gasteiger partial charge >= 0.3 is 0 Å². The van der Waals surface area contributed by atoms with Crippen LogP contribution in [0.25, 0.3) is 0 Å². The number of amides is 2. The summed E-state index contributed by atoms with van der Waals surface area (Å²) in [4.78, 5) is 35.5. The van der Waals surface area contributed by atoms with Crippen molar-refractivity contribution in [2.45, 2.75) is 90.8 Å². The molecule has 1 N–H and O–H groups in total. The van der Waals surface area contributed by atoms with E-state index in [1.807, 2.05) is 16.0 Å². The fourth-order valence-electron chi connectivity index (χ4n) is 5.54. The van der Waals surface area contributed by atoms with Crippen molar-refractivity contribution in [3.05, 3.63) is 18.2 Å². The van der Waals surface area contributed by atoms with Gasteiger partial charge in [0.25, 0.3) is 0 Å². The largest absolute Gasteiger partial charge is 0.341 e. The SMILES string of the molecule is CC(C)CC(C(=O)N1CCC(Cc2nccn2C2CC2)CC1)N1CCN[C@@H](CC(C)C)C1=O. The van der Waals surface area contributed by atoms with Gasteiger partial charge < -0.3 is 19.7 Å². The van der Waals surface area contributed by atoms with Crippen LogP contribution in [0.5, 0.6) is 0 Å². The first-order chi connectivity index (χ1) is 15.8. The average molecular weight is 458 g/mol. The van der Waals surface area contributed by atoms with E-state index in [0.717, 1.165) is 51.7 Å². The first-order valence-electron chi connectivity index (χ1n) is 13.2. The predicted molar refractivity (Wildman–Crippen MR) is 130 cm³/mol. The van der Waals surface area contributed by atoms with Gasteiger partial charge in [-0.3, -0.25) is 9.59 Å². The van der Waals surface area contributed by atoms with Crippen molar-refractivity contribution >= 4 is 11.8 Å². The van der Waals surface area contributed by atoms with Gasteiger partial charge in [-0.15, -0.1) is 0 Å². The zero-order chi connectivity index (χ0) is 23.5. The van der Waals surface area contributed by atoms with E-state index in [2.05, 4.69) is 48.8 Å². The van der Waals surface area contributed by atoms with Crippen LogP contribution in [-0.2, 0) is 16.0 Å². The summed E-state index contributed by atoms with van der Waals surface area (Å²) in [6, 6.07) is 0.166. The van der Waals surface area contributed by atoms with Gasteiger partial charge in [-0.2, -0.15) is 0 Å². The Balaban J connectivity index is 1.37. The number of piperazine rings is 1. The third kappa shape index (κ3) is 5.97. The van der Waals surface area contributed by atoms with Crippen LogP contribution in [0.15, 0.2) is 12.4 Å². The normalized spacial score (nSPS) is 23.6. The quantitative estimate of drug-likeness (QED) is 0.618. The number of nitrogens with zero attached hydrogens (tertiary/aromatic N) is 4. The van der Waals surface area contributed by atoms with Crippen LogP contribution in [0.2, 0.25) is 0 Å². The van der Waals surface area contributed by atoms with E-state index in [1.54, 1.807) is 0 Å². The molecule has 2 aliphatic heterocycles. The van der Waals surface area contributed by atoms with Crippen LogP contribution in [0.1, 0.15) is 78.1 Å². The monoisotopic (exact) mass is 457 g/mol. The summed E-state index contributed by atoms with van der Waals surface area (Å²) in [6.45, 7) is 11.5. The first kappa shape index (κ1) is 24.2. The van der Waals surface area contributed by atoms with E-state index in [0.29, 0.717) is 30.3 Å². The third-order valence-electron chi connectivity index (χ3n) is 7.47. The van der Waals surface area contributed by atoms with Crippen LogP contribution < -0.4 is 5.32 Å². The summed E-state index contributed by atoms with van der Waals surface area (Å²) in [7, 11) is 0. The van der Waals surface area contributed by atoms with Gasteiger partial charge in [-0.25, -0.2) is 4.98 Å². The molecule has 1 aromatic heterocycles. The van der Waals surface area contributed by atoms with E-state index >= 15 is 0 Å². The van der Waals surface area contributed by atoms with Crippen LogP contribution in [0, 0.1) is 17.8 Å². The lowest BCUT2D eigenvalue weighted by Crippen LogP contribution is -2.62. The van der Waals surface area contributed by atoms with Crippen molar-refractivity contribution in [3.8, 4) is 0 Å². The number of hydrogen-bond acceptors (Lipinski definition) is 4. The molecule has 0 spiro atoms. The van der Waals surface area contributed by atoms with E-state index < -0.39 is 0 Å². The summed E-state index contributed by atoms with van der Waals surface area (Å²) < 4.78 is 2.36. The van der Waals surface area contributed by atoms with E-state index in [1.165, 1.54) is 18.7 Å². The molecule has 0 aromatic carbocycles. The number of aromatic nitrogens is 2. The Morgan fingerprint density at radius 1 is 1.09 bits per heavy atom. The molecular formula is C26H43N5O2. The van der Waals surface area contributed by atoms with E-state index in [9.17, 15) is 9.59 Å². The van der Waals surface area contributed by atoms with Crippen molar-refractivity contribution in [2.24, 2.45) is 17.8 Å². The molecule has 1 aromatic rings. The summed E-state index contributed by atoms with van der Waals surface area (Å²) in [5.74, 6) is 2.86. The van der Waals surface area contributed by atoms with E-state index in [4.69, 9.17) is 0 Å². The Labute approximate surface area is 199 Å². The number of nitrogens with one attached hydrogen (secondary N) is 1. The molecule has 1 aliphatic carbocycles. The number of carbonyl (C=O) groups is 2. The second-order valence-electron chi connectivity index (χ2n) is 11.3. The number of piperidine rings is 1. The lowest BCUT2D eigenvalue weighted by Gasteiger charge is -2.42. The highest BCUT2D eigenvalue weighted by Crippen LogP contribution is 2.36. The molecule has 2 atom stereocenters. The molecule has 184 valence electrons. The summed E-state index contributed by atoms with van der Waals surface area (Å²) >= 11 is 0. The molecule has 3 aliphatic rings. The number of hydrogen-bond donors (Lipinski definition) is 1. The molecular weight excluding hydrogens is 414 g/mol. The zero-order valence-electron chi connectivity index (χ0n) is 21.0. The maximum atomic E-state index is 13.7. The molecule has 2 amide bonds. The van der Waals surface area contributed by atoms with Crippen molar-refractivity contribution in [1.29, 1.82) is 0 Å². The van der Waals surface area contributed by atoms with Crippen molar-refractivity contribution in [2.75, 3.05) is 26.2 Å². The Kier molecular flexibility index (Phi) is 7.77. The molecule has 1 saturated carbocycles. The van der Waals surface area contributed by atoms with Gasteiger partial charge in [0.1, 0.15) is 11.9 Å². The molecule has 7 heteroatoms. The maximum Gasteiger partial charge on any atom is 0.245 e. The second kappa shape index (κ2) is 10.6. The minimum atomic E-state index is -0.334. The number of rotatable bonds is 9. The highest BCUT2D eigenvalue weighted by Gasteiger charge is 2.39. The molecule has 3 fully saturated rings. The Bertz CT molecular complexity index is 807. The van der Waals surface area contributed by atoms with Crippen molar-refractivity contribution in [3.63, 3.8) is 0 Å². The number of carbonyl (C=O) groups excluding carboxylic acids is 2. The predicted octanol–water partition coefficient (Wildman–Crippen LogP) is 3.26. The average Bonchev–Trinajstić information content (AvgIpc) is 3.52. The molecule has 0 radical (unpaired) electrons. The minimum absolute atomic E-state index is 0.107. The summed E-state index contributed by atoms with van der Waals surface area (Å²) in [5.41, 5.74) is 0. The topological polar surface area (TPSA) is 70.5 Å². The highest BCUT2D eigenvalue weighted by atomic mass is 16.2. The highest BCUT2D eigenvalue weighted by molar-refractivity contribution is 5.90. The number of imidazole rings is 1. The smallest absolute Gasteiger partial charge is 0.245 e. The van der Waals surface area contributed by atoms with Crippen LogP contribution in [0.3, 0.4) is 0 Å². The fraction of sp³-hybridized carbons (Fsp3) is 0.808. The number of likely N-dealkylation sites (tertiary alicyclic amines) is 1. The van der Waals surface area contributed by atoms with Crippen molar-refractivity contribution in [1.82, 2.24) is 24.7 Å². The van der Waals surface area contributed by atoms with Crippen LogP contribution in [-0.4, -0.2) is 69.4 Å². The van der Waals surface area contributed by atoms with Crippen LogP contribution in [0.4, 0.5) is 0 Å². The van der Waals surface area contributed by atoms with Gasteiger partial charge in [0, 0.05) is 51.0 Å². The lowest BCUT2D eigenvalue weighted by atomic mass is 9.91. The van der Waals surface area contributed by atoms with E-state index in [-0.39, 0.29) is 23.9 Å². The Morgan fingerprint density at radius 2 is 1.82 bits per heavy atom. The molecule has 4 rings (SSSR count). The molecule has 7 nitrogen and oxygen atoms in total. The zero-order valence-corrected chi connectivity index (χ0v) is 21.0. The van der Waals surface area contributed by atoms with Gasteiger partial charge in [0.05, 0.1) is 6.04 Å². The molecule has 3 heterocycles. The fourth-order valence-corrected chi connectivity index (χ4v) is 5.54. The summed E-state index contributed by atoms with van der Waals surface area (Å²) in [6.07, 6.45) is 11.2. The lowest BCUT2D eigenvalue weighted by molar-refractivity contribution is -0.150. The van der Waals surface area contributed by atoms with Gasteiger partial charge in [-0.1, -0.05) is 27.7 Å². The van der Waals surface area contributed by atoms with Gasteiger partial charge in [-0.05, 0) is 56.3 Å². The second-order valence-corrected chi connectivity index (χ2v) is 11.3. The summed E-state index contributed by atoms with van der Waals surface area (Å²) in [5, 5.41) is 3.38. The molecule has 33 heavy (non-hydrogen) atoms. The molecule has 1 unspecified atom stereocenters. The molecule has 2 saturated heterocycles. The van der Waals surface area contributed by atoms with Gasteiger partial charge in [0.15, 0.2) is 0 Å². The molecule has 0 bridgehead atoms.